The number of hydrogen-bond donors (Lipinski definition) is 3. The Morgan fingerprint density at radius 3 is 2.45 bits per heavy atom. The first-order valence-corrected chi connectivity index (χ1v) is 12.7. The number of carboxylic acid groups (broad SMARTS) is 1. The highest BCUT2D eigenvalue weighted by molar-refractivity contribution is 5.93. The number of carboxylic acids is 1. The van der Waals surface area contributed by atoms with Crippen molar-refractivity contribution < 1.29 is 27.9 Å². The quantitative estimate of drug-likeness (QED) is 0.410. The number of carbonyl (C=O) groups excluding carboxylic acids is 1. The molecule has 0 bridgehead atoms. The number of allylic oxidation sites excluding steroid dienone is 2. The second kappa shape index (κ2) is 12.1. The van der Waals surface area contributed by atoms with Crippen molar-refractivity contribution in [2.24, 2.45) is 0 Å². The van der Waals surface area contributed by atoms with E-state index >= 15 is 0 Å². The Labute approximate surface area is 229 Å². The molecule has 206 valence electrons. The summed E-state index contributed by atoms with van der Waals surface area (Å²) in [5.41, 5.74) is 2.96. The van der Waals surface area contributed by atoms with E-state index in [1.165, 1.54) is 0 Å². The molecule has 7 nitrogen and oxygen atoms in total. The summed E-state index contributed by atoms with van der Waals surface area (Å²) in [5.74, 6) is -3.15. The van der Waals surface area contributed by atoms with Crippen LogP contribution < -0.4 is 10.6 Å². The fourth-order valence-corrected chi connectivity index (χ4v) is 4.84. The van der Waals surface area contributed by atoms with Crippen LogP contribution in [0.25, 0.3) is 22.0 Å². The van der Waals surface area contributed by atoms with Gasteiger partial charge in [0, 0.05) is 23.1 Å². The lowest BCUT2D eigenvalue weighted by atomic mass is 9.76. The molecule has 1 unspecified atom stereocenters. The van der Waals surface area contributed by atoms with E-state index in [1.807, 2.05) is 48.7 Å². The minimum Gasteiger partial charge on any atom is -0.475 e. The number of nitrogens with one attached hydrogen (secondary N) is 2. The van der Waals surface area contributed by atoms with Gasteiger partial charge < -0.3 is 15.7 Å². The molecule has 0 spiro atoms. The molecule has 0 saturated carbocycles. The van der Waals surface area contributed by atoms with Crippen LogP contribution in [-0.2, 0) is 9.59 Å². The van der Waals surface area contributed by atoms with E-state index < -0.39 is 17.7 Å². The first kappa shape index (κ1) is 28.5. The van der Waals surface area contributed by atoms with Gasteiger partial charge in [-0.05, 0) is 42.7 Å². The standard InChI is InChI=1S/C28H26N4O.C2HF3O2/c29-19-28(32-27(33)25-11-2-4-17-30-25)16-3-1-10-24(28)21-14-12-20(13-15-21)23-9-5-7-22-8-6-18-31-26(22)23;3-2(4,5)1(6)7/h1,3,5-10,12-16,18,24-25,30H,2,4,11,17H2,(H,32,33);(H,6,7)/t24?,25-,28+;/m0./s1. The number of fused-ring (bicyclic) bond motifs is 1. The Bertz CT molecular complexity index is 1470. The van der Waals surface area contributed by atoms with Crippen LogP contribution in [0.15, 0.2) is 85.1 Å². The Kier molecular flexibility index (Phi) is 8.65. The van der Waals surface area contributed by atoms with Gasteiger partial charge in [0.15, 0.2) is 5.54 Å². The van der Waals surface area contributed by atoms with Gasteiger partial charge in [-0.2, -0.15) is 18.4 Å². The molecule has 1 saturated heterocycles. The number of nitriles is 1. The van der Waals surface area contributed by atoms with Crippen molar-refractivity contribution in [2.45, 2.75) is 42.9 Å². The molecular weight excluding hydrogens is 521 g/mol. The van der Waals surface area contributed by atoms with Crippen molar-refractivity contribution in [2.75, 3.05) is 6.54 Å². The summed E-state index contributed by atoms with van der Waals surface area (Å²) >= 11 is 0. The predicted octanol–water partition coefficient (Wildman–Crippen LogP) is 5.27. The molecule has 0 radical (unpaired) electrons. The second-order valence-corrected chi connectivity index (χ2v) is 9.50. The number of amides is 1. The number of aliphatic carboxylic acids is 1. The highest BCUT2D eigenvalue weighted by atomic mass is 19.4. The Morgan fingerprint density at radius 2 is 1.80 bits per heavy atom. The lowest BCUT2D eigenvalue weighted by Crippen LogP contribution is -2.56. The molecule has 1 amide bonds. The van der Waals surface area contributed by atoms with E-state index in [4.69, 9.17) is 9.90 Å². The van der Waals surface area contributed by atoms with Crippen LogP contribution in [0.2, 0.25) is 0 Å². The molecule has 3 N–H and O–H groups in total. The zero-order valence-electron chi connectivity index (χ0n) is 21.4. The fourth-order valence-electron chi connectivity index (χ4n) is 4.84. The minimum absolute atomic E-state index is 0.111. The maximum absolute atomic E-state index is 13.0. The summed E-state index contributed by atoms with van der Waals surface area (Å²) in [6.45, 7) is 0.835. The summed E-state index contributed by atoms with van der Waals surface area (Å²) in [4.78, 5) is 26.4. The summed E-state index contributed by atoms with van der Waals surface area (Å²) in [6, 6.07) is 20.6. The van der Waals surface area contributed by atoms with Crippen molar-refractivity contribution in [3.05, 3.63) is 90.7 Å². The van der Waals surface area contributed by atoms with Gasteiger partial charge in [-0.1, -0.05) is 73.2 Å². The number of rotatable bonds is 4. The molecule has 3 atom stereocenters. The molecule has 1 aliphatic heterocycles. The molecule has 1 aliphatic carbocycles. The summed E-state index contributed by atoms with van der Waals surface area (Å²) in [6.07, 6.45) is 7.20. The SMILES string of the molecule is N#C[C@]1(NC(=O)[C@@H]2CCCCN2)C=CC=CC1c1ccc(-c2cccc3cccnc23)cc1.O=C(O)C(F)(F)F. The highest BCUT2D eigenvalue weighted by Crippen LogP contribution is 2.36. The molecule has 10 heteroatoms. The van der Waals surface area contributed by atoms with E-state index in [0.717, 1.165) is 53.4 Å². The number of alkyl halides is 3. The summed E-state index contributed by atoms with van der Waals surface area (Å²) < 4.78 is 31.7. The number of para-hydroxylation sites is 1. The highest BCUT2D eigenvalue weighted by Gasteiger charge is 2.41. The monoisotopic (exact) mass is 548 g/mol. The third-order valence-electron chi connectivity index (χ3n) is 6.86. The average Bonchev–Trinajstić information content (AvgIpc) is 2.97. The Hall–Kier alpha value is -4.49. The third kappa shape index (κ3) is 6.38. The van der Waals surface area contributed by atoms with E-state index in [-0.39, 0.29) is 17.9 Å². The normalized spacial score (nSPS) is 22.1. The van der Waals surface area contributed by atoms with Crippen LogP contribution in [0.1, 0.15) is 30.7 Å². The van der Waals surface area contributed by atoms with Gasteiger partial charge >= 0.3 is 12.1 Å². The molecule has 2 aromatic carbocycles. The van der Waals surface area contributed by atoms with Gasteiger partial charge in [0.05, 0.1) is 17.6 Å². The molecular formula is C30H27F3N4O3. The van der Waals surface area contributed by atoms with Crippen molar-refractivity contribution in [1.82, 2.24) is 15.6 Å². The number of aromatic nitrogens is 1. The zero-order valence-corrected chi connectivity index (χ0v) is 21.4. The lowest BCUT2D eigenvalue weighted by Gasteiger charge is -2.35. The average molecular weight is 549 g/mol. The molecule has 3 aromatic rings. The van der Waals surface area contributed by atoms with E-state index in [9.17, 15) is 23.2 Å². The van der Waals surface area contributed by atoms with Crippen molar-refractivity contribution in [3.8, 4) is 17.2 Å². The molecule has 2 heterocycles. The number of pyridine rings is 1. The lowest BCUT2D eigenvalue weighted by molar-refractivity contribution is -0.192. The van der Waals surface area contributed by atoms with E-state index in [0.29, 0.717) is 0 Å². The minimum atomic E-state index is -5.08. The van der Waals surface area contributed by atoms with Crippen molar-refractivity contribution >= 4 is 22.8 Å². The van der Waals surface area contributed by atoms with Crippen molar-refractivity contribution in [1.29, 1.82) is 5.26 Å². The van der Waals surface area contributed by atoms with E-state index in [2.05, 4.69) is 52.0 Å². The van der Waals surface area contributed by atoms with Gasteiger partial charge in [-0.3, -0.25) is 9.78 Å². The molecule has 40 heavy (non-hydrogen) atoms. The van der Waals surface area contributed by atoms with Crippen LogP contribution >= 0.6 is 0 Å². The molecule has 1 aromatic heterocycles. The predicted molar refractivity (Wildman–Crippen MR) is 144 cm³/mol. The summed E-state index contributed by atoms with van der Waals surface area (Å²) in [5, 5.41) is 24.8. The zero-order chi connectivity index (χ0) is 28.8. The number of benzene rings is 2. The van der Waals surface area contributed by atoms with Crippen LogP contribution in [0.3, 0.4) is 0 Å². The number of piperidine rings is 1. The first-order valence-electron chi connectivity index (χ1n) is 12.7. The smallest absolute Gasteiger partial charge is 0.475 e. The second-order valence-electron chi connectivity index (χ2n) is 9.50. The van der Waals surface area contributed by atoms with Gasteiger partial charge in [0.1, 0.15) is 0 Å². The van der Waals surface area contributed by atoms with Gasteiger partial charge in [-0.15, -0.1) is 0 Å². The molecule has 1 fully saturated rings. The fraction of sp³-hybridized carbons (Fsp3) is 0.267. The van der Waals surface area contributed by atoms with Crippen LogP contribution in [0.5, 0.6) is 0 Å². The Morgan fingerprint density at radius 1 is 1.07 bits per heavy atom. The number of nitrogens with zero attached hydrogens (tertiary/aromatic N) is 2. The van der Waals surface area contributed by atoms with E-state index in [1.54, 1.807) is 6.08 Å². The van der Waals surface area contributed by atoms with Gasteiger partial charge in [0.2, 0.25) is 5.91 Å². The number of hydrogen-bond acceptors (Lipinski definition) is 5. The maximum Gasteiger partial charge on any atom is 0.490 e. The number of halogens is 3. The maximum atomic E-state index is 13.0. The van der Waals surface area contributed by atoms with Crippen LogP contribution in [0.4, 0.5) is 13.2 Å². The number of carbonyl (C=O) groups is 2. The summed E-state index contributed by atoms with van der Waals surface area (Å²) in [7, 11) is 0. The molecule has 2 aliphatic rings. The first-order chi connectivity index (χ1) is 19.1. The third-order valence-corrected chi connectivity index (χ3v) is 6.86. The van der Waals surface area contributed by atoms with Crippen LogP contribution in [-0.4, -0.2) is 46.3 Å². The molecule has 5 rings (SSSR count). The van der Waals surface area contributed by atoms with Gasteiger partial charge in [0.25, 0.3) is 0 Å². The van der Waals surface area contributed by atoms with Crippen LogP contribution in [0, 0.1) is 11.3 Å². The van der Waals surface area contributed by atoms with Crippen molar-refractivity contribution in [3.63, 3.8) is 0 Å². The topological polar surface area (TPSA) is 115 Å². The largest absolute Gasteiger partial charge is 0.490 e. The van der Waals surface area contributed by atoms with Gasteiger partial charge in [-0.25, -0.2) is 4.79 Å². The Balaban J connectivity index is 0.000000470.